The number of esters is 1. The molecule has 6 heteroatoms. The molecule has 0 aromatic heterocycles. The zero-order chi connectivity index (χ0) is 22.0. The van der Waals surface area contributed by atoms with Crippen LogP contribution < -0.4 is 0 Å². The molecule has 1 heterocycles. The first-order valence-corrected chi connectivity index (χ1v) is 10.8. The fraction of sp³-hybridized carbons (Fsp3) is 0.200. The summed E-state index contributed by atoms with van der Waals surface area (Å²) in [6.07, 6.45) is 0.508. The zero-order valence-electron chi connectivity index (χ0n) is 16.9. The van der Waals surface area contributed by atoms with Crippen LogP contribution in [0.5, 0.6) is 0 Å². The molecule has 0 saturated heterocycles. The number of nitrogens with zero attached hydrogens (tertiary/aromatic N) is 1. The highest BCUT2D eigenvalue weighted by atomic mass is 35.5. The molecule has 4 rings (SSSR count). The standard InChI is InChI=1S/C25H21Cl2NO3/c1-2-31-25(30)23-20-5-3-4-6-21(20)24(29)28(23)22(17-9-13-19(27)14-10-17)15-16-7-11-18(26)12-8-16/h3-14,22-23H,2,15H2,1H3. The number of hydrogen-bond acceptors (Lipinski definition) is 3. The van der Waals surface area contributed by atoms with Gasteiger partial charge in [-0.05, 0) is 60.4 Å². The molecule has 0 N–H and O–H groups in total. The van der Waals surface area contributed by atoms with Crippen LogP contribution in [0.2, 0.25) is 10.0 Å². The van der Waals surface area contributed by atoms with Crippen LogP contribution in [0.1, 0.15) is 46.1 Å². The van der Waals surface area contributed by atoms with Gasteiger partial charge in [-0.3, -0.25) is 4.79 Å². The molecular formula is C25H21Cl2NO3. The third kappa shape index (κ3) is 4.32. The van der Waals surface area contributed by atoms with Crippen LogP contribution >= 0.6 is 23.2 Å². The fourth-order valence-electron chi connectivity index (χ4n) is 4.03. The smallest absolute Gasteiger partial charge is 0.333 e. The minimum absolute atomic E-state index is 0.192. The molecule has 0 spiro atoms. The Kier molecular flexibility index (Phi) is 6.30. The van der Waals surface area contributed by atoms with Gasteiger partial charge in [-0.25, -0.2) is 4.79 Å². The van der Waals surface area contributed by atoms with Gasteiger partial charge in [0.25, 0.3) is 5.91 Å². The van der Waals surface area contributed by atoms with Crippen LogP contribution in [0.25, 0.3) is 0 Å². The van der Waals surface area contributed by atoms with Crippen molar-refractivity contribution in [1.82, 2.24) is 4.90 Å². The number of hydrogen-bond donors (Lipinski definition) is 0. The van der Waals surface area contributed by atoms with E-state index in [2.05, 4.69) is 0 Å². The molecule has 0 radical (unpaired) electrons. The van der Waals surface area contributed by atoms with E-state index in [-0.39, 0.29) is 12.5 Å². The Labute approximate surface area is 191 Å². The first-order valence-electron chi connectivity index (χ1n) is 10.1. The van der Waals surface area contributed by atoms with E-state index in [1.807, 2.05) is 48.5 Å². The first kappa shape index (κ1) is 21.4. The van der Waals surface area contributed by atoms with Crippen molar-refractivity contribution < 1.29 is 14.3 Å². The molecule has 3 aromatic carbocycles. The summed E-state index contributed by atoms with van der Waals surface area (Å²) in [5.41, 5.74) is 3.07. The second kappa shape index (κ2) is 9.13. The molecule has 1 aliphatic heterocycles. The lowest BCUT2D eigenvalue weighted by molar-refractivity contribution is -0.149. The van der Waals surface area contributed by atoms with Crippen molar-refractivity contribution in [3.8, 4) is 0 Å². The van der Waals surface area contributed by atoms with E-state index in [0.29, 0.717) is 27.6 Å². The largest absolute Gasteiger partial charge is 0.464 e. The number of amides is 1. The molecule has 1 amide bonds. The SMILES string of the molecule is CCOC(=O)C1c2ccccc2C(=O)N1C(Cc1ccc(Cl)cc1)c1ccc(Cl)cc1. The molecule has 0 bridgehead atoms. The van der Waals surface area contributed by atoms with Gasteiger partial charge in [-0.15, -0.1) is 0 Å². The van der Waals surface area contributed by atoms with Crippen LogP contribution in [-0.2, 0) is 16.0 Å². The molecular weight excluding hydrogens is 433 g/mol. The Balaban J connectivity index is 1.81. The van der Waals surface area contributed by atoms with Crippen LogP contribution in [0, 0.1) is 0 Å². The predicted octanol–water partition coefficient (Wildman–Crippen LogP) is 6.04. The molecule has 0 saturated carbocycles. The number of carbonyl (C=O) groups is 2. The van der Waals surface area contributed by atoms with Crippen molar-refractivity contribution >= 4 is 35.1 Å². The van der Waals surface area contributed by atoms with Gasteiger partial charge >= 0.3 is 5.97 Å². The summed E-state index contributed by atoms with van der Waals surface area (Å²) in [4.78, 5) is 28.1. The highest BCUT2D eigenvalue weighted by Gasteiger charge is 2.45. The van der Waals surface area contributed by atoms with Gasteiger partial charge in [0.15, 0.2) is 6.04 Å². The molecule has 0 aliphatic carbocycles. The lowest BCUT2D eigenvalue weighted by atomic mass is 9.96. The van der Waals surface area contributed by atoms with Gasteiger partial charge in [-0.2, -0.15) is 0 Å². The summed E-state index contributed by atoms with van der Waals surface area (Å²) >= 11 is 12.2. The van der Waals surface area contributed by atoms with Crippen molar-refractivity contribution in [2.75, 3.05) is 6.61 Å². The maximum Gasteiger partial charge on any atom is 0.333 e. The van der Waals surface area contributed by atoms with Crippen molar-refractivity contribution in [2.45, 2.75) is 25.4 Å². The third-order valence-electron chi connectivity index (χ3n) is 5.44. The van der Waals surface area contributed by atoms with Gasteiger partial charge in [0.2, 0.25) is 0 Å². The van der Waals surface area contributed by atoms with E-state index in [1.165, 1.54) is 0 Å². The predicted molar refractivity (Wildman–Crippen MR) is 121 cm³/mol. The van der Waals surface area contributed by atoms with Crippen LogP contribution in [0.4, 0.5) is 0 Å². The number of fused-ring (bicyclic) bond motifs is 1. The molecule has 3 aromatic rings. The van der Waals surface area contributed by atoms with Gasteiger partial charge in [0.05, 0.1) is 12.6 Å². The zero-order valence-corrected chi connectivity index (χ0v) is 18.4. The Morgan fingerprint density at radius 2 is 1.58 bits per heavy atom. The molecule has 31 heavy (non-hydrogen) atoms. The molecule has 4 nitrogen and oxygen atoms in total. The maximum atomic E-state index is 13.5. The van der Waals surface area contributed by atoms with Gasteiger partial charge < -0.3 is 9.64 Å². The number of rotatable bonds is 6. The maximum absolute atomic E-state index is 13.5. The highest BCUT2D eigenvalue weighted by Crippen LogP contribution is 2.42. The number of benzene rings is 3. The van der Waals surface area contributed by atoms with Gasteiger partial charge in [0.1, 0.15) is 0 Å². The Morgan fingerprint density at radius 3 is 2.23 bits per heavy atom. The molecule has 1 aliphatic rings. The van der Waals surface area contributed by atoms with Crippen molar-refractivity contribution in [2.24, 2.45) is 0 Å². The summed E-state index contributed by atoms with van der Waals surface area (Å²) in [7, 11) is 0. The number of halogens is 2. The van der Waals surface area contributed by atoms with E-state index >= 15 is 0 Å². The van der Waals surface area contributed by atoms with Crippen molar-refractivity contribution in [3.05, 3.63) is 105 Å². The normalized spacial score (nSPS) is 16.2. The average Bonchev–Trinajstić information content (AvgIpc) is 3.07. The summed E-state index contributed by atoms with van der Waals surface area (Å²) in [5.74, 6) is -0.626. The van der Waals surface area contributed by atoms with Gasteiger partial charge in [0, 0.05) is 15.6 Å². The Morgan fingerprint density at radius 1 is 0.968 bits per heavy atom. The fourth-order valence-corrected chi connectivity index (χ4v) is 4.28. The second-order valence-corrected chi connectivity index (χ2v) is 8.23. The van der Waals surface area contributed by atoms with Crippen LogP contribution in [0.15, 0.2) is 72.8 Å². The Hall–Kier alpha value is -2.82. The summed E-state index contributed by atoms with van der Waals surface area (Å²) in [5, 5.41) is 1.24. The summed E-state index contributed by atoms with van der Waals surface area (Å²) in [6, 6.07) is 20.9. The van der Waals surface area contributed by atoms with Crippen molar-refractivity contribution in [3.63, 3.8) is 0 Å². The van der Waals surface area contributed by atoms with Crippen LogP contribution in [0.3, 0.4) is 0 Å². The summed E-state index contributed by atoms with van der Waals surface area (Å²) < 4.78 is 5.36. The lowest BCUT2D eigenvalue weighted by Gasteiger charge is -2.33. The van der Waals surface area contributed by atoms with E-state index in [1.54, 1.807) is 36.1 Å². The second-order valence-electron chi connectivity index (χ2n) is 7.35. The monoisotopic (exact) mass is 453 g/mol. The quantitative estimate of drug-likeness (QED) is 0.427. The van der Waals surface area contributed by atoms with E-state index in [9.17, 15) is 9.59 Å². The minimum atomic E-state index is -0.809. The number of ether oxygens (including phenoxy) is 1. The van der Waals surface area contributed by atoms with Gasteiger partial charge in [-0.1, -0.05) is 65.7 Å². The first-order chi connectivity index (χ1) is 15.0. The third-order valence-corrected chi connectivity index (χ3v) is 5.95. The van der Waals surface area contributed by atoms with Crippen LogP contribution in [-0.4, -0.2) is 23.4 Å². The summed E-state index contributed by atoms with van der Waals surface area (Å²) in [6.45, 7) is 2.00. The number of carbonyl (C=O) groups excluding carboxylic acids is 2. The molecule has 158 valence electrons. The minimum Gasteiger partial charge on any atom is -0.464 e. The average molecular weight is 454 g/mol. The van der Waals surface area contributed by atoms with Crippen molar-refractivity contribution in [1.29, 1.82) is 0 Å². The highest BCUT2D eigenvalue weighted by molar-refractivity contribution is 6.30. The van der Waals surface area contributed by atoms with E-state index in [4.69, 9.17) is 27.9 Å². The van der Waals surface area contributed by atoms with E-state index in [0.717, 1.165) is 11.1 Å². The topological polar surface area (TPSA) is 46.6 Å². The van der Waals surface area contributed by atoms with E-state index < -0.39 is 18.1 Å². The molecule has 0 fully saturated rings. The molecule has 2 unspecified atom stereocenters. The Bertz CT molecular complexity index is 1100. The molecule has 2 atom stereocenters. The lowest BCUT2D eigenvalue weighted by Crippen LogP contribution is -2.38.